The number of benzene rings is 1. The van der Waals surface area contributed by atoms with Gasteiger partial charge in [0.05, 0.1) is 23.6 Å². The Morgan fingerprint density at radius 2 is 2.05 bits per heavy atom. The molecule has 3 rings (SSSR count). The summed E-state index contributed by atoms with van der Waals surface area (Å²) in [5, 5.41) is 7.14. The average Bonchev–Trinajstić information content (AvgIpc) is 2.91. The Morgan fingerprint density at radius 1 is 1.19 bits per heavy atom. The van der Waals surface area contributed by atoms with Gasteiger partial charge in [-0.25, -0.2) is 0 Å². The predicted molar refractivity (Wildman–Crippen MR) is 88.7 cm³/mol. The molecule has 2 aromatic heterocycles. The van der Waals surface area contributed by atoms with Gasteiger partial charge in [0, 0.05) is 10.9 Å². The fourth-order valence-electron chi connectivity index (χ4n) is 2.52. The molecule has 0 fully saturated rings. The van der Waals surface area contributed by atoms with Gasteiger partial charge in [0.2, 0.25) is 0 Å². The second-order valence-corrected chi connectivity index (χ2v) is 6.07. The molecule has 1 atom stereocenters. The van der Waals surface area contributed by atoms with Crippen LogP contribution in [0.4, 0.5) is 0 Å². The van der Waals surface area contributed by atoms with E-state index in [1.807, 2.05) is 30.7 Å². The molecule has 1 aromatic carbocycles. The molecular weight excluding hydrogens is 278 g/mol. The Kier molecular flexibility index (Phi) is 4.27. The molecule has 1 N–H and O–H groups in total. The van der Waals surface area contributed by atoms with Crippen molar-refractivity contribution in [2.24, 2.45) is 0 Å². The lowest BCUT2D eigenvalue weighted by Crippen LogP contribution is -2.24. The number of hydrogen-bond donors (Lipinski definition) is 1. The average molecular weight is 297 g/mol. The smallest absolute Gasteiger partial charge is 0.0759 e. The van der Waals surface area contributed by atoms with Crippen LogP contribution in [-0.2, 0) is 6.42 Å². The maximum Gasteiger partial charge on any atom is 0.0759 e. The first kappa shape index (κ1) is 14.2. The van der Waals surface area contributed by atoms with Crippen molar-refractivity contribution in [1.82, 2.24) is 15.3 Å². The monoisotopic (exact) mass is 297 g/mol. The summed E-state index contributed by atoms with van der Waals surface area (Å²) in [6, 6.07) is 8.78. The molecule has 1 unspecified atom stereocenters. The van der Waals surface area contributed by atoms with Crippen LogP contribution in [-0.4, -0.2) is 16.5 Å². The molecule has 0 aliphatic rings. The molecule has 3 nitrogen and oxygen atoms in total. The Hall–Kier alpha value is -1.78. The van der Waals surface area contributed by atoms with Crippen LogP contribution in [0.5, 0.6) is 0 Å². The summed E-state index contributed by atoms with van der Waals surface area (Å²) >= 11 is 1.81. The minimum Gasteiger partial charge on any atom is -0.309 e. The van der Waals surface area contributed by atoms with Crippen molar-refractivity contribution in [1.29, 1.82) is 0 Å². The van der Waals surface area contributed by atoms with E-state index in [1.165, 1.54) is 15.6 Å². The maximum atomic E-state index is 4.54. The first-order valence-electron chi connectivity index (χ1n) is 7.25. The number of aromatic nitrogens is 2. The Morgan fingerprint density at radius 3 is 2.81 bits per heavy atom. The summed E-state index contributed by atoms with van der Waals surface area (Å²) in [5.74, 6) is 0. The van der Waals surface area contributed by atoms with Crippen molar-refractivity contribution in [3.05, 3.63) is 59.0 Å². The molecule has 2 heterocycles. The SMILES string of the molecule is CCNC(Cc1csc2ccccc12)c1cnc(C)cn1. The number of nitrogens with zero attached hydrogens (tertiary/aromatic N) is 2. The van der Waals surface area contributed by atoms with Gasteiger partial charge in [-0.3, -0.25) is 9.97 Å². The lowest BCUT2D eigenvalue weighted by Gasteiger charge is -2.17. The topological polar surface area (TPSA) is 37.8 Å². The molecule has 108 valence electrons. The van der Waals surface area contributed by atoms with Crippen molar-refractivity contribution in [2.75, 3.05) is 6.54 Å². The highest BCUT2D eigenvalue weighted by Gasteiger charge is 2.15. The summed E-state index contributed by atoms with van der Waals surface area (Å²) < 4.78 is 1.35. The van der Waals surface area contributed by atoms with Crippen LogP contribution in [0.3, 0.4) is 0 Å². The zero-order valence-corrected chi connectivity index (χ0v) is 13.2. The van der Waals surface area contributed by atoms with Crippen molar-refractivity contribution in [2.45, 2.75) is 26.3 Å². The highest BCUT2D eigenvalue weighted by molar-refractivity contribution is 7.17. The molecule has 0 bridgehead atoms. The first-order chi connectivity index (χ1) is 10.3. The Bertz CT molecular complexity index is 718. The number of nitrogens with one attached hydrogen (secondary N) is 1. The van der Waals surface area contributed by atoms with Gasteiger partial charge in [0.15, 0.2) is 0 Å². The van der Waals surface area contributed by atoms with Crippen LogP contribution in [0, 0.1) is 6.92 Å². The van der Waals surface area contributed by atoms with Gasteiger partial charge in [0.1, 0.15) is 0 Å². The molecule has 21 heavy (non-hydrogen) atoms. The number of rotatable bonds is 5. The van der Waals surface area contributed by atoms with E-state index in [0.29, 0.717) is 0 Å². The lowest BCUT2D eigenvalue weighted by atomic mass is 10.0. The van der Waals surface area contributed by atoms with Gasteiger partial charge in [-0.2, -0.15) is 0 Å². The van der Waals surface area contributed by atoms with Crippen molar-refractivity contribution in [3.8, 4) is 0 Å². The van der Waals surface area contributed by atoms with Crippen molar-refractivity contribution >= 4 is 21.4 Å². The first-order valence-corrected chi connectivity index (χ1v) is 8.13. The van der Waals surface area contributed by atoms with E-state index in [2.05, 4.69) is 51.9 Å². The molecule has 0 amide bonds. The predicted octanol–water partition coefficient (Wildman–Crippen LogP) is 3.89. The zero-order chi connectivity index (χ0) is 14.7. The second-order valence-electron chi connectivity index (χ2n) is 5.15. The van der Waals surface area contributed by atoms with Crippen LogP contribution in [0.2, 0.25) is 0 Å². The highest BCUT2D eigenvalue weighted by Crippen LogP contribution is 2.29. The van der Waals surface area contributed by atoms with Crippen LogP contribution < -0.4 is 5.32 Å². The van der Waals surface area contributed by atoms with E-state index in [4.69, 9.17) is 0 Å². The van der Waals surface area contributed by atoms with Gasteiger partial charge in [-0.15, -0.1) is 11.3 Å². The molecule has 3 aromatic rings. The third-order valence-corrected chi connectivity index (χ3v) is 4.61. The number of thiophene rings is 1. The number of hydrogen-bond acceptors (Lipinski definition) is 4. The van der Waals surface area contributed by atoms with E-state index >= 15 is 0 Å². The van der Waals surface area contributed by atoms with E-state index in [0.717, 1.165) is 24.4 Å². The largest absolute Gasteiger partial charge is 0.309 e. The van der Waals surface area contributed by atoms with Crippen molar-refractivity contribution < 1.29 is 0 Å². The number of fused-ring (bicyclic) bond motifs is 1. The quantitative estimate of drug-likeness (QED) is 0.776. The fourth-order valence-corrected chi connectivity index (χ4v) is 3.50. The third kappa shape index (κ3) is 3.12. The van der Waals surface area contributed by atoms with E-state index in [9.17, 15) is 0 Å². The van der Waals surface area contributed by atoms with E-state index in [-0.39, 0.29) is 6.04 Å². The number of aryl methyl sites for hydroxylation is 1. The number of likely N-dealkylation sites (N-methyl/N-ethyl adjacent to an activating group) is 1. The van der Waals surface area contributed by atoms with Crippen LogP contribution in [0.25, 0.3) is 10.1 Å². The minimum atomic E-state index is 0.209. The molecule has 0 spiro atoms. The van der Waals surface area contributed by atoms with Gasteiger partial charge < -0.3 is 5.32 Å². The molecule has 0 radical (unpaired) electrons. The summed E-state index contributed by atoms with van der Waals surface area (Å²) in [6.45, 7) is 5.01. The summed E-state index contributed by atoms with van der Waals surface area (Å²) in [5.41, 5.74) is 3.34. The summed E-state index contributed by atoms with van der Waals surface area (Å²) in [4.78, 5) is 8.91. The third-order valence-electron chi connectivity index (χ3n) is 3.59. The van der Waals surface area contributed by atoms with Gasteiger partial charge in [-0.05, 0) is 42.3 Å². The molecule has 4 heteroatoms. The molecule has 0 saturated carbocycles. The Balaban J connectivity index is 1.89. The minimum absolute atomic E-state index is 0.209. The normalized spacial score (nSPS) is 12.7. The fraction of sp³-hybridized carbons (Fsp3) is 0.294. The van der Waals surface area contributed by atoms with Gasteiger partial charge in [0.25, 0.3) is 0 Å². The van der Waals surface area contributed by atoms with E-state index < -0.39 is 0 Å². The van der Waals surface area contributed by atoms with Crippen molar-refractivity contribution in [3.63, 3.8) is 0 Å². The zero-order valence-electron chi connectivity index (χ0n) is 12.3. The van der Waals surface area contributed by atoms with Crippen LogP contribution in [0.15, 0.2) is 42.0 Å². The van der Waals surface area contributed by atoms with E-state index in [1.54, 1.807) is 0 Å². The van der Waals surface area contributed by atoms with Crippen LogP contribution >= 0.6 is 11.3 Å². The molecule has 0 aliphatic heterocycles. The highest BCUT2D eigenvalue weighted by atomic mass is 32.1. The molecular formula is C17H19N3S. The van der Waals surface area contributed by atoms with Gasteiger partial charge in [-0.1, -0.05) is 25.1 Å². The lowest BCUT2D eigenvalue weighted by molar-refractivity contribution is 0.536. The second kappa shape index (κ2) is 6.33. The Labute approximate surface area is 129 Å². The maximum absolute atomic E-state index is 4.54. The van der Waals surface area contributed by atoms with Crippen LogP contribution in [0.1, 0.15) is 29.9 Å². The summed E-state index contributed by atoms with van der Waals surface area (Å²) in [6.07, 6.45) is 4.66. The molecule has 0 saturated heterocycles. The standard InChI is InChI=1S/C17H19N3S/c1-3-18-15(16-10-19-12(2)9-20-16)8-13-11-21-17-7-5-4-6-14(13)17/h4-7,9-11,15,18H,3,8H2,1-2H3. The molecule has 0 aliphatic carbocycles. The summed E-state index contributed by atoms with van der Waals surface area (Å²) in [7, 11) is 0. The van der Waals surface area contributed by atoms with Gasteiger partial charge >= 0.3 is 0 Å².